The number of anilines is 1. The van der Waals surface area contributed by atoms with Gasteiger partial charge in [0.15, 0.2) is 0 Å². The van der Waals surface area contributed by atoms with Gasteiger partial charge in [0, 0.05) is 11.9 Å². The lowest BCUT2D eigenvalue weighted by atomic mass is 10.2. The highest BCUT2D eigenvalue weighted by Gasteiger charge is 2.11. The van der Waals surface area contributed by atoms with Gasteiger partial charge < -0.3 is 20.0 Å². The molecule has 2 N–H and O–H groups in total. The Labute approximate surface area is 151 Å². The van der Waals surface area contributed by atoms with Crippen LogP contribution < -0.4 is 20.5 Å². The lowest BCUT2D eigenvalue weighted by Crippen LogP contribution is -2.33. The fourth-order valence-electron chi connectivity index (χ4n) is 2.54. The van der Waals surface area contributed by atoms with E-state index in [0.717, 1.165) is 11.1 Å². The summed E-state index contributed by atoms with van der Waals surface area (Å²) in [6.45, 7) is 2.53. The van der Waals surface area contributed by atoms with Crippen LogP contribution in [0.25, 0.3) is 10.9 Å². The minimum atomic E-state index is -0.670. The maximum Gasteiger partial charge on any atom is 0.306 e. The second kappa shape index (κ2) is 8.40. The third-order valence-electron chi connectivity index (χ3n) is 3.74. The predicted molar refractivity (Wildman–Crippen MR) is 102 cm³/mol. The van der Waals surface area contributed by atoms with Gasteiger partial charge in [-0.25, -0.2) is 0 Å². The average Bonchev–Trinajstić information content (AvgIpc) is 2.65. The van der Waals surface area contributed by atoms with Crippen LogP contribution in [0.15, 0.2) is 65.5 Å². The first-order valence-electron chi connectivity index (χ1n) is 8.53. The molecule has 136 valence electrons. The number of rotatable bonds is 8. The SMILES string of the molecule is CC(O)COn1c(=O)c(NCCOc2ccccc2)cc2ccccc21. The number of pyridine rings is 1. The second-order valence-corrected chi connectivity index (χ2v) is 5.95. The molecule has 26 heavy (non-hydrogen) atoms. The van der Waals surface area contributed by atoms with Crippen molar-refractivity contribution < 1.29 is 14.7 Å². The molecular weight excluding hydrogens is 332 g/mol. The summed E-state index contributed by atoms with van der Waals surface area (Å²) in [6.07, 6.45) is -0.670. The molecular formula is C20H22N2O4. The molecule has 0 bridgehead atoms. The maximum atomic E-state index is 12.7. The van der Waals surface area contributed by atoms with Crippen LogP contribution in [0, 0.1) is 0 Å². The Morgan fingerprint density at radius 2 is 1.85 bits per heavy atom. The van der Waals surface area contributed by atoms with Gasteiger partial charge in [0.25, 0.3) is 0 Å². The topological polar surface area (TPSA) is 72.7 Å². The molecule has 6 heteroatoms. The number of fused-ring (bicyclic) bond motifs is 1. The molecule has 2 aromatic carbocycles. The third kappa shape index (κ3) is 4.34. The molecule has 0 saturated carbocycles. The molecule has 0 aliphatic carbocycles. The zero-order valence-electron chi connectivity index (χ0n) is 14.6. The molecule has 0 aliphatic heterocycles. The summed E-state index contributed by atoms with van der Waals surface area (Å²) in [6, 6.07) is 18.7. The lowest BCUT2D eigenvalue weighted by Gasteiger charge is -2.15. The number of aliphatic hydroxyl groups is 1. The van der Waals surface area contributed by atoms with Crippen LogP contribution in [0.5, 0.6) is 5.75 Å². The molecule has 0 radical (unpaired) electrons. The van der Waals surface area contributed by atoms with Crippen LogP contribution in [0.1, 0.15) is 6.92 Å². The quantitative estimate of drug-likeness (QED) is 0.607. The van der Waals surface area contributed by atoms with Crippen molar-refractivity contribution >= 4 is 16.6 Å². The number of hydrogen-bond donors (Lipinski definition) is 2. The van der Waals surface area contributed by atoms with Crippen LogP contribution in [-0.4, -0.2) is 35.7 Å². The third-order valence-corrected chi connectivity index (χ3v) is 3.74. The van der Waals surface area contributed by atoms with Gasteiger partial charge in [0.2, 0.25) is 0 Å². The first-order valence-corrected chi connectivity index (χ1v) is 8.53. The monoisotopic (exact) mass is 354 g/mol. The van der Waals surface area contributed by atoms with E-state index in [0.29, 0.717) is 24.4 Å². The van der Waals surface area contributed by atoms with Crippen molar-refractivity contribution in [1.82, 2.24) is 4.73 Å². The summed E-state index contributed by atoms with van der Waals surface area (Å²) in [5.74, 6) is 0.783. The van der Waals surface area contributed by atoms with Crippen molar-refractivity contribution in [2.45, 2.75) is 13.0 Å². The van der Waals surface area contributed by atoms with Gasteiger partial charge in [-0.15, -0.1) is 4.73 Å². The molecule has 1 aromatic heterocycles. The number of nitrogens with zero attached hydrogens (tertiary/aromatic N) is 1. The average molecular weight is 354 g/mol. The first-order chi connectivity index (χ1) is 12.6. The van der Waals surface area contributed by atoms with Gasteiger partial charge in [-0.05, 0) is 31.2 Å². The van der Waals surface area contributed by atoms with E-state index in [9.17, 15) is 9.90 Å². The highest BCUT2D eigenvalue weighted by atomic mass is 16.7. The maximum absolute atomic E-state index is 12.7. The molecule has 3 rings (SSSR count). The number of para-hydroxylation sites is 2. The molecule has 3 aromatic rings. The van der Waals surface area contributed by atoms with Gasteiger partial charge in [-0.2, -0.15) is 0 Å². The summed E-state index contributed by atoms with van der Waals surface area (Å²) >= 11 is 0. The smallest absolute Gasteiger partial charge is 0.306 e. The van der Waals surface area contributed by atoms with E-state index >= 15 is 0 Å². The zero-order valence-corrected chi connectivity index (χ0v) is 14.6. The molecule has 0 fully saturated rings. The molecule has 0 amide bonds. The van der Waals surface area contributed by atoms with Crippen molar-refractivity contribution in [3.8, 4) is 5.75 Å². The number of ether oxygens (including phenoxy) is 1. The van der Waals surface area contributed by atoms with E-state index in [1.54, 1.807) is 19.1 Å². The van der Waals surface area contributed by atoms with Crippen molar-refractivity contribution in [3.05, 3.63) is 71.0 Å². The Balaban J connectivity index is 1.75. The summed E-state index contributed by atoms with van der Waals surface area (Å²) in [5.41, 5.74) is 0.777. The van der Waals surface area contributed by atoms with E-state index in [1.165, 1.54) is 4.73 Å². The fraction of sp³-hybridized carbons (Fsp3) is 0.250. The van der Waals surface area contributed by atoms with Crippen molar-refractivity contribution in [3.63, 3.8) is 0 Å². The molecule has 6 nitrogen and oxygen atoms in total. The normalized spacial score (nSPS) is 11.9. The number of aliphatic hydroxyl groups excluding tert-OH is 1. The predicted octanol–water partition coefficient (Wildman–Crippen LogP) is 2.30. The highest BCUT2D eigenvalue weighted by Crippen LogP contribution is 2.15. The second-order valence-electron chi connectivity index (χ2n) is 5.95. The van der Waals surface area contributed by atoms with Gasteiger partial charge in [-0.1, -0.05) is 36.4 Å². The molecule has 1 heterocycles. The van der Waals surface area contributed by atoms with E-state index in [-0.39, 0.29) is 12.2 Å². The Bertz CT molecular complexity index is 907. The van der Waals surface area contributed by atoms with Crippen LogP contribution in [-0.2, 0) is 0 Å². The first kappa shape index (κ1) is 17.8. The van der Waals surface area contributed by atoms with Gasteiger partial charge in [-0.3, -0.25) is 4.79 Å². The minimum absolute atomic E-state index is 0.0322. The van der Waals surface area contributed by atoms with Crippen LogP contribution in [0.3, 0.4) is 0 Å². The van der Waals surface area contributed by atoms with Crippen LogP contribution in [0.4, 0.5) is 5.69 Å². The molecule has 1 unspecified atom stereocenters. The van der Waals surface area contributed by atoms with Gasteiger partial charge >= 0.3 is 5.56 Å². The largest absolute Gasteiger partial charge is 0.492 e. The van der Waals surface area contributed by atoms with E-state index < -0.39 is 6.10 Å². The summed E-state index contributed by atoms with van der Waals surface area (Å²) < 4.78 is 6.85. The van der Waals surface area contributed by atoms with Gasteiger partial charge in [0.1, 0.15) is 24.7 Å². The number of benzene rings is 2. The van der Waals surface area contributed by atoms with Crippen molar-refractivity contribution in [2.24, 2.45) is 0 Å². The van der Waals surface area contributed by atoms with E-state index in [4.69, 9.17) is 9.57 Å². The highest BCUT2D eigenvalue weighted by molar-refractivity contribution is 5.81. The summed E-state index contributed by atoms with van der Waals surface area (Å²) in [7, 11) is 0. The Kier molecular flexibility index (Phi) is 5.76. The van der Waals surface area contributed by atoms with Crippen LogP contribution >= 0.6 is 0 Å². The van der Waals surface area contributed by atoms with E-state index in [1.807, 2.05) is 48.5 Å². The van der Waals surface area contributed by atoms with Crippen molar-refractivity contribution in [1.29, 1.82) is 0 Å². The summed E-state index contributed by atoms with van der Waals surface area (Å²) in [4.78, 5) is 18.2. The molecule has 0 spiro atoms. The zero-order chi connectivity index (χ0) is 18.4. The minimum Gasteiger partial charge on any atom is -0.492 e. The molecule has 0 saturated heterocycles. The molecule has 1 atom stereocenters. The standard InChI is InChI=1S/C20H22N2O4/c1-15(23)14-26-22-19-10-6-5-7-16(19)13-18(20(22)24)21-11-12-25-17-8-3-2-4-9-17/h2-10,13,15,21,23H,11-12,14H2,1H3. The van der Waals surface area contributed by atoms with Gasteiger partial charge in [0.05, 0.1) is 11.6 Å². The van der Waals surface area contributed by atoms with E-state index in [2.05, 4.69) is 5.32 Å². The number of nitrogens with one attached hydrogen (secondary N) is 1. The summed E-state index contributed by atoms with van der Waals surface area (Å²) in [5, 5.41) is 13.4. The Morgan fingerprint density at radius 1 is 1.12 bits per heavy atom. The molecule has 0 aliphatic rings. The van der Waals surface area contributed by atoms with Crippen LogP contribution in [0.2, 0.25) is 0 Å². The Hall–Kier alpha value is -2.99. The Morgan fingerprint density at radius 3 is 2.62 bits per heavy atom. The van der Waals surface area contributed by atoms with Crippen molar-refractivity contribution in [2.75, 3.05) is 25.1 Å². The lowest BCUT2D eigenvalue weighted by molar-refractivity contribution is 0.0365. The fourth-order valence-corrected chi connectivity index (χ4v) is 2.54. The number of hydrogen-bond acceptors (Lipinski definition) is 5. The number of aromatic nitrogens is 1.